The first-order valence-electron chi connectivity index (χ1n) is 5.70. The maximum Gasteiger partial charge on any atom is 0.308 e. The quantitative estimate of drug-likeness (QED) is 0.851. The van der Waals surface area contributed by atoms with Gasteiger partial charge in [-0.05, 0) is 13.8 Å². The molecule has 0 aliphatic carbocycles. The van der Waals surface area contributed by atoms with Gasteiger partial charge < -0.3 is 4.74 Å². The number of rotatable bonds is 3. The largest absolute Gasteiger partial charge is 0.469 e. The highest BCUT2D eigenvalue weighted by Gasteiger charge is 2.35. The Balaban J connectivity index is 2.07. The van der Waals surface area contributed by atoms with Gasteiger partial charge in [0, 0.05) is 5.56 Å². The summed E-state index contributed by atoms with van der Waals surface area (Å²) in [6, 6.07) is 8.17. The molecule has 0 amide bonds. The third kappa shape index (κ3) is 2.85. The van der Waals surface area contributed by atoms with Crippen LogP contribution in [-0.4, -0.2) is 23.0 Å². The van der Waals surface area contributed by atoms with Gasteiger partial charge in [-0.1, -0.05) is 41.6 Å². The van der Waals surface area contributed by atoms with E-state index >= 15 is 0 Å². The molecule has 96 valence electrons. The molecule has 5 heteroatoms. The Bertz CT molecular complexity index is 484. The van der Waals surface area contributed by atoms with Crippen molar-refractivity contribution >= 4 is 22.8 Å². The highest BCUT2D eigenvalue weighted by atomic mass is 32.2. The van der Waals surface area contributed by atoms with Crippen molar-refractivity contribution in [2.45, 2.75) is 25.1 Å². The summed E-state index contributed by atoms with van der Waals surface area (Å²) in [5, 5.41) is 5.20. The Morgan fingerprint density at radius 1 is 1.44 bits per heavy atom. The van der Waals surface area contributed by atoms with E-state index in [4.69, 9.17) is 4.74 Å². The summed E-state index contributed by atoms with van der Waals surface area (Å²) in [7, 11) is 1.40. The number of hydrogen-bond donors (Lipinski definition) is 1. The van der Waals surface area contributed by atoms with Gasteiger partial charge >= 0.3 is 5.97 Å². The number of nitrogens with zero attached hydrogens (tertiary/aromatic N) is 1. The van der Waals surface area contributed by atoms with Gasteiger partial charge in [-0.15, -0.1) is 0 Å². The zero-order valence-electron chi connectivity index (χ0n) is 10.7. The van der Waals surface area contributed by atoms with Crippen LogP contribution in [0.15, 0.2) is 29.4 Å². The van der Waals surface area contributed by atoms with Crippen molar-refractivity contribution in [3.05, 3.63) is 35.4 Å². The Labute approximate surface area is 111 Å². The van der Waals surface area contributed by atoms with E-state index < -0.39 is 4.87 Å². The van der Waals surface area contributed by atoms with Crippen LogP contribution in [0.25, 0.3) is 0 Å². The molecule has 0 saturated heterocycles. The van der Waals surface area contributed by atoms with Gasteiger partial charge in [-0.25, -0.2) is 0 Å². The summed E-state index contributed by atoms with van der Waals surface area (Å²) in [5.41, 5.74) is 5.29. The molecule has 0 spiro atoms. The predicted molar refractivity (Wildman–Crippen MR) is 73.5 cm³/mol. The molecule has 1 aromatic carbocycles. The molecule has 1 heterocycles. The first kappa shape index (κ1) is 13.0. The molecule has 0 bridgehead atoms. The summed E-state index contributed by atoms with van der Waals surface area (Å²) >= 11 is 1.55. The number of carbonyl (C=O) groups excluding carboxylic acids is 1. The van der Waals surface area contributed by atoms with Crippen LogP contribution >= 0.6 is 11.8 Å². The zero-order valence-corrected chi connectivity index (χ0v) is 11.5. The smallest absolute Gasteiger partial charge is 0.308 e. The third-order valence-corrected chi connectivity index (χ3v) is 3.93. The highest BCUT2D eigenvalue weighted by Crippen LogP contribution is 2.34. The lowest BCUT2D eigenvalue weighted by atomic mass is 10.2. The molecule has 1 aromatic rings. The Morgan fingerprint density at radius 2 is 2.11 bits per heavy atom. The molecule has 1 aliphatic rings. The summed E-state index contributed by atoms with van der Waals surface area (Å²) in [6.45, 7) is 3.99. The molecule has 1 atom stereocenters. The molecule has 1 aliphatic heterocycles. The molecule has 0 saturated carbocycles. The summed E-state index contributed by atoms with van der Waals surface area (Å²) in [6.07, 6.45) is 0.285. The molecule has 1 N–H and O–H groups in total. The number of thioether (sulfide) groups is 1. The van der Waals surface area contributed by atoms with Gasteiger partial charge in [0.2, 0.25) is 0 Å². The van der Waals surface area contributed by atoms with Gasteiger partial charge in [0.25, 0.3) is 0 Å². The summed E-state index contributed by atoms with van der Waals surface area (Å²) in [5.74, 6) is -0.238. The molecular formula is C13H16N2O2S. The van der Waals surface area contributed by atoms with Gasteiger partial charge in [-0.3, -0.25) is 10.2 Å². The molecule has 0 fully saturated rings. The molecule has 2 rings (SSSR count). The van der Waals surface area contributed by atoms with E-state index in [0.717, 1.165) is 10.6 Å². The lowest BCUT2D eigenvalue weighted by Gasteiger charge is -2.20. The van der Waals surface area contributed by atoms with Crippen molar-refractivity contribution in [3.63, 3.8) is 0 Å². The summed E-state index contributed by atoms with van der Waals surface area (Å²) < 4.78 is 4.69. The van der Waals surface area contributed by atoms with E-state index in [1.165, 1.54) is 12.7 Å². The highest BCUT2D eigenvalue weighted by molar-refractivity contribution is 8.15. The second-order valence-corrected chi connectivity index (χ2v) is 5.97. The fourth-order valence-electron chi connectivity index (χ4n) is 1.67. The molecule has 18 heavy (non-hydrogen) atoms. The predicted octanol–water partition coefficient (Wildman–Crippen LogP) is 2.27. The van der Waals surface area contributed by atoms with Crippen LogP contribution in [0.5, 0.6) is 0 Å². The average Bonchev–Trinajstić information content (AvgIpc) is 2.72. The molecule has 1 unspecified atom stereocenters. The third-order valence-electron chi connectivity index (χ3n) is 2.72. The van der Waals surface area contributed by atoms with Crippen molar-refractivity contribution in [1.29, 1.82) is 0 Å². The molecule has 0 aromatic heterocycles. The Kier molecular flexibility index (Phi) is 3.61. The monoisotopic (exact) mass is 264 g/mol. The topological polar surface area (TPSA) is 50.7 Å². The fourth-order valence-corrected chi connectivity index (χ4v) is 2.72. The standard InChI is InChI=1S/C13H16N2O2S/c1-9-4-6-10(7-5-9)12-14-15-13(2,18-12)8-11(16)17-3/h4-7,15H,8H2,1-3H3. The number of esters is 1. The number of benzene rings is 1. The van der Waals surface area contributed by atoms with Gasteiger partial charge in [0.1, 0.15) is 9.91 Å². The van der Waals surface area contributed by atoms with Crippen LogP contribution in [0, 0.1) is 6.92 Å². The van der Waals surface area contributed by atoms with Crippen molar-refractivity contribution in [3.8, 4) is 0 Å². The number of hydrazone groups is 1. The molecule has 4 nitrogen and oxygen atoms in total. The number of aryl methyl sites for hydroxylation is 1. The number of nitrogens with one attached hydrogen (secondary N) is 1. The summed E-state index contributed by atoms with van der Waals surface area (Å²) in [4.78, 5) is 10.9. The van der Waals surface area contributed by atoms with E-state index in [2.05, 4.69) is 10.5 Å². The van der Waals surface area contributed by atoms with E-state index in [0.29, 0.717) is 0 Å². The number of ether oxygens (including phenoxy) is 1. The maximum absolute atomic E-state index is 11.3. The average molecular weight is 264 g/mol. The lowest BCUT2D eigenvalue weighted by Crippen LogP contribution is -2.34. The maximum atomic E-state index is 11.3. The Morgan fingerprint density at radius 3 is 2.72 bits per heavy atom. The minimum Gasteiger partial charge on any atom is -0.469 e. The fraction of sp³-hybridized carbons (Fsp3) is 0.385. The number of carbonyl (C=O) groups is 1. The van der Waals surface area contributed by atoms with Crippen LogP contribution < -0.4 is 5.43 Å². The number of methoxy groups -OCH3 is 1. The van der Waals surface area contributed by atoms with E-state index in [1.807, 2.05) is 38.1 Å². The van der Waals surface area contributed by atoms with E-state index in [9.17, 15) is 4.79 Å². The van der Waals surface area contributed by atoms with Crippen LogP contribution in [-0.2, 0) is 9.53 Å². The van der Waals surface area contributed by atoms with Crippen molar-refractivity contribution in [1.82, 2.24) is 5.43 Å². The van der Waals surface area contributed by atoms with Crippen LogP contribution in [0.4, 0.5) is 0 Å². The lowest BCUT2D eigenvalue weighted by molar-refractivity contribution is -0.141. The molecular weight excluding hydrogens is 248 g/mol. The van der Waals surface area contributed by atoms with E-state index in [-0.39, 0.29) is 12.4 Å². The van der Waals surface area contributed by atoms with E-state index in [1.54, 1.807) is 11.8 Å². The van der Waals surface area contributed by atoms with Crippen molar-refractivity contribution in [2.75, 3.05) is 7.11 Å². The minimum atomic E-state index is -0.423. The van der Waals surface area contributed by atoms with Gasteiger partial charge in [0.15, 0.2) is 0 Å². The second-order valence-electron chi connectivity index (χ2n) is 4.48. The van der Waals surface area contributed by atoms with Crippen LogP contribution in [0.2, 0.25) is 0 Å². The molecule has 0 radical (unpaired) electrons. The minimum absolute atomic E-state index is 0.238. The van der Waals surface area contributed by atoms with Crippen molar-refractivity contribution < 1.29 is 9.53 Å². The Hall–Kier alpha value is -1.49. The number of hydrogen-bond acceptors (Lipinski definition) is 5. The second kappa shape index (κ2) is 5.02. The van der Waals surface area contributed by atoms with Crippen LogP contribution in [0.1, 0.15) is 24.5 Å². The van der Waals surface area contributed by atoms with Gasteiger partial charge in [-0.2, -0.15) is 5.10 Å². The first-order chi connectivity index (χ1) is 8.52. The first-order valence-corrected chi connectivity index (χ1v) is 6.52. The normalized spacial score (nSPS) is 22.3. The zero-order chi connectivity index (χ0) is 13.2. The van der Waals surface area contributed by atoms with Crippen molar-refractivity contribution in [2.24, 2.45) is 5.10 Å². The van der Waals surface area contributed by atoms with Gasteiger partial charge in [0.05, 0.1) is 13.5 Å². The SMILES string of the molecule is COC(=O)CC1(C)NN=C(c2ccc(C)cc2)S1. The van der Waals surface area contributed by atoms with Crippen LogP contribution in [0.3, 0.4) is 0 Å².